The molecule has 0 spiro atoms. The highest BCUT2D eigenvalue weighted by Crippen LogP contribution is 2.28. The molecule has 136 valence electrons. The zero-order valence-electron chi connectivity index (χ0n) is 14.3. The molecule has 8 heteroatoms. The van der Waals surface area contributed by atoms with E-state index in [1.807, 2.05) is 17.7 Å². The predicted molar refractivity (Wildman–Crippen MR) is 94.6 cm³/mol. The molecule has 0 aromatic carbocycles. The van der Waals surface area contributed by atoms with Crippen molar-refractivity contribution in [2.45, 2.75) is 39.0 Å². The van der Waals surface area contributed by atoms with Gasteiger partial charge in [-0.15, -0.1) is 0 Å². The minimum absolute atomic E-state index is 0.0293. The van der Waals surface area contributed by atoms with Crippen molar-refractivity contribution in [2.75, 3.05) is 6.61 Å². The molecule has 4 heterocycles. The van der Waals surface area contributed by atoms with Crippen molar-refractivity contribution in [2.24, 2.45) is 0 Å². The first-order chi connectivity index (χ1) is 12.6. The van der Waals surface area contributed by atoms with Gasteiger partial charge in [-0.2, -0.15) is 5.10 Å². The maximum absolute atomic E-state index is 13.8. The van der Waals surface area contributed by atoms with Crippen LogP contribution in [0, 0.1) is 12.7 Å². The molecule has 1 aliphatic heterocycles. The summed E-state index contributed by atoms with van der Waals surface area (Å²) in [5.74, 6) is 0.0628. The van der Waals surface area contributed by atoms with Crippen LogP contribution < -0.4 is 4.74 Å². The summed E-state index contributed by atoms with van der Waals surface area (Å²) in [6.45, 7) is 2.63. The maximum Gasteiger partial charge on any atom is 0.160 e. The number of hydrogen-bond acceptors (Lipinski definition) is 5. The van der Waals surface area contributed by atoms with Crippen molar-refractivity contribution in [1.29, 1.82) is 0 Å². The van der Waals surface area contributed by atoms with Crippen LogP contribution in [0.5, 0.6) is 5.75 Å². The van der Waals surface area contributed by atoms with Crippen molar-refractivity contribution in [1.82, 2.24) is 19.7 Å². The second kappa shape index (κ2) is 7.17. The van der Waals surface area contributed by atoms with Crippen LogP contribution in [0.4, 0.5) is 4.39 Å². The number of aryl methyl sites for hydroxylation is 1. The third kappa shape index (κ3) is 3.37. The fraction of sp³-hybridized carbons (Fsp3) is 0.389. The molecule has 0 amide bonds. The molecule has 1 atom stereocenters. The molecule has 0 N–H and O–H groups in total. The Morgan fingerprint density at radius 2 is 2.27 bits per heavy atom. The summed E-state index contributed by atoms with van der Waals surface area (Å²) in [4.78, 5) is 8.43. The van der Waals surface area contributed by atoms with Gasteiger partial charge in [0.15, 0.2) is 11.9 Å². The summed E-state index contributed by atoms with van der Waals surface area (Å²) in [6, 6.07) is 4.53. The molecule has 0 bridgehead atoms. The van der Waals surface area contributed by atoms with Gasteiger partial charge >= 0.3 is 0 Å². The molecule has 6 nitrogen and oxygen atoms in total. The first kappa shape index (κ1) is 17.2. The van der Waals surface area contributed by atoms with E-state index >= 15 is 0 Å². The zero-order valence-corrected chi connectivity index (χ0v) is 15.0. The summed E-state index contributed by atoms with van der Waals surface area (Å²) in [5.41, 5.74) is 1.76. The summed E-state index contributed by atoms with van der Waals surface area (Å²) < 4.78 is 27.1. The third-order valence-corrected chi connectivity index (χ3v) is 4.61. The Morgan fingerprint density at radius 3 is 3.08 bits per heavy atom. The smallest absolute Gasteiger partial charge is 0.160 e. The van der Waals surface area contributed by atoms with Crippen LogP contribution in [-0.4, -0.2) is 26.4 Å². The fourth-order valence-electron chi connectivity index (χ4n) is 3.06. The van der Waals surface area contributed by atoms with Crippen molar-refractivity contribution in [3.05, 3.63) is 46.8 Å². The zero-order chi connectivity index (χ0) is 18.1. The van der Waals surface area contributed by atoms with Gasteiger partial charge in [0.25, 0.3) is 0 Å². The molecule has 3 aromatic heterocycles. The first-order valence-electron chi connectivity index (χ1n) is 8.52. The SMILES string of the molecule is Cc1nn(C2CCCCO2)c2ncc(OCc3nc(Cl)ccc3F)cc12. The van der Waals surface area contributed by atoms with Gasteiger partial charge in [0.05, 0.1) is 11.9 Å². The average molecular weight is 377 g/mol. The van der Waals surface area contributed by atoms with Gasteiger partial charge in [-0.1, -0.05) is 11.6 Å². The largest absolute Gasteiger partial charge is 0.486 e. The van der Waals surface area contributed by atoms with E-state index in [-0.39, 0.29) is 23.7 Å². The van der Waals surface area contributed by atoms with Crippen LogP contribution in [0.1, 0.15) is 36.9 Å². The Labute approximate surface area is 154 Å². The molecular formula is C18H18ClFN4O2. The van der Waals surface area contributed by atoms with Crippen LogP contribution in [0.25, 0.3) is 11.0 Å². The predicted octanol–water partition coefficient (Wildman–Crippen LogP) is 4.21. The van der Waals surface area contributed by atoms with Crippen LogP contribution >= 0.6 is 11.6 Å². The number of pyridine rings is 2. The number of fused-ring (bicyclic) bond motifs is 1. The minimum atomic E-state index is -0.457. The quantitative estimate of drug-likeness (QED) is 0.638. The van der Waals surface area contributed by atoms with Gasteiger partial charge in [-0.25, -0.2) is 19.0 Å². The van der Waals surface area contributed by atoms with Crippen LogP contribution in [0.2, 0.25) is 5.15 Å². The van der Waals surface area contributed by atoms with Crippen LogP contribution in [0.15, 0.2) is 24.4 Å². The molecular weight excluding hydrogens is 359 g/mol. The van der Waals surface area contributed by atoms with E-state index in [4.69, 9.17) is 21.1 Å². The van der Waals surface area contributed by atoms with E-state index in [0.717, 1.165) is 42.6 Å². The second-order valence-electron chi connectivity index (χ2n) is 6.24. The van der Waals surface area contributed by atoms with Crippen LogP contribution in [0.3, 0.4) is 0 Å². The standard InChI is InChI=1S/C18H18ClFN4O2/c1-11-13-8-12(26-10-15-14(20)5-6-16(19)22-15)9-21-18(13)24(23-11)17-4-2-3-7-25-17/h5-6,8-9,17H,2-4,7,10H2,1H3. The van der Waals surface area contributed by atoms with E-state index < -0.39 is 5.82 Å². The molecule has 0 radical (unpaired) electrons. The molecule has 1 unspecified atom stereocenters. The summed E-state index contributed by atoms with van der Waals surface area (Å²) in [7, 11) is 0. The lowest BCUT2D eigenvalue weighted by atomic mass is 10.2. The Morgan fingerprint density at radius 1 is 1.38 bits per heavy atom. The molecule has 26 heavy (non-hydrogen) atoms. The number of nitrogens with zero attached hydrogens (tertiary/aromatic N) is 4. The van der Waals surface area contributed by atoms with Crippen molar-refractivity contribution < 1.29 is 13.9 Å². The molecule has 1 aliphatic rings. The topological polar surface area (TPSA) is 62.1 Å². The Bertz CT molecular complexity index is 940. The van der Waals surface area contributed by atoms with E-state index in [0.29, 0.717) is 5.75 Å². The highest BCUT2D eigenvalue weighted by atomic mass is 35.5. The lowest BCUT2D eigenvalue weighted by Gasteiger charge is -2.23. The molecule has 1 fully saturated rings. The summed E-state index contributed by atoms with van der Waals surface area (Å²) in [6.07, 6.45) is 4.64. The van der Waals surface area contributed by atoms with Gasteiger partial charge < -0.3 is 9.47 Å². The monoisotopic (exact) mass is 376 g/mol. The van der Waals surface area contributed by atoms with Gasteiger partial charge in [-0.3, -0.25) is 0 Å². The second-order valence-corrected chi connectivity index (χ2v) is 6.63. The number of aromatic nitrogens is 4. The average Bonchev–Trinajstić information content (AvgIpc) is 2.99. The number of rotatable bonds is 4. The van der Waals surface area contributed by atoms with Gasteiger partial charge in [0.1, 0.15) is 29.0 Å². The molecule has 4 rings (SSSR count). The maximum atomic E-state index is 13.8. The summed E-state index contributed by atoms with van der Waals surface area (Å²) in [5, 5.41) is 5.69. The van der Waals surface area contributed by atoms with Crippen molar-refractivity contribution in [3.63, 3.8) is 0 Å². The van der Waals surface area contributed by atoms with Gasteiger partial charge in [0.2, 0.25) is 0 Å². The fourth-order valence-corrected chi connectivity index (χ4v) is 3.22. The number of ether oxygens (including phenoxy) is 2. The Hall–Kier alpha value is -2.25. The molecule has 0 aliphatic carbocycles. The Balaban J connectivity index is 1.57. The normalized spacial score (nSPS) is 17.6. The lowest BCUT2D eigenvalue weighted by molar-refractivity contribution is -0.0371. The van der Waals surface area contributed by atoms with E-state index in [1.54, 1.807) is 6.20 Å². The first-order valence-corrected chi connectivity index (χ1v) is 8.90. The Kier molecular flexibility index (Phi) is 4.74. The molecule has 0 saturated carbocycles. The van der Waals surface area contributed by atoms with Gasteiger partial charge in [0, 0.05) is 12.0 Å². The molecule has 3 aromatic rings. The lowest BCUT2D eigenvalue weighted by Crippen LogP contribution is -2.19. The van der Waals surface area contributed by atoms with Crippen LogP contribution in [-0.2, 0) is 11.3 Å². The van der Waals surface area contributed by atoms with E-state index in [1.165, 1.54) is 12.1 Å². The van der Waals surface area contributed by atoms with E-state index in [2.05, 4.69) is 15.1 Å². The van der Waals surface area contributed by atoms with Gasteiger partial charge in [-0.05, 0) is 44.4 Å². The summed E-state index contributed by atoms with van der Waals surface area (Å²) >= 11 is 5.81. The molecule has 1 saturated heterocycles. The van der Waals surface area contributed by atoms with Crippen molar-refractivity contribution in [3.8, 4) is 5.75 Å². The number of halogens is 2. The highest BCUT2D eigenvalue weighted by Gasteiger charge is 2.21. The van der Waals surface area contributed by atoms with Crippen molar-refractivity contribution >= 4 is 22.6 Å². The highest BCUT2D eigenvalue weighted by molar-refractivity contribution is 6.29. The number of hydrogen-bond donors (Lipinski definition) is 0. The third-order valence-electron chi connectivity index (χ3n) is 4.39. The minimum Gasteiger partial charge on any atom is -0.486 e. The van der Waals surface area contributed by atoms with E-state index in [9.17, 15) is 4.39 Å².